The summed E-state index contributed by atoms with van der Waals surface area (Å²) in [5.74, 6) is -0.703. The van der Waals surface area contributed by atoms with E-state index in [2.05, 4.69) is 6.58 Å². The fraction of sp³-hybridized carbons (Fsp3) is 0.286. The molecule has 0 amide bonds. The molecule has 1 saturated heterocycles. The molecule has 1 fully saturated rings. The quantitative estimate of drug-likeness (QED) is 0.702. The average Bonchev–Trinajstić information content (AvgIpc) is 2.62. The van der Waals surface area contributed by atoms with Gasteiger partial charge < -0.3 is 9.84 Å². The molecule has 25 heavy (non-hydrogen) atoms. The minimum absolute atomic E-state index is 0.00276. The number of carbonyl (C=O) groups is 1. The van der Waals surface area contributed by atoms with Crippen molar-refractivity contribution in [3.63, 3.8) is 0 Å². The van der Waals surface area contributed by atoms with E-state index in [-0.39, 0.29) is 23.7 Å². The van der Waals surface area contributed by atoms with Gasteiger partial charge in [0, 0.05) is 10.9 Å². The van der Waals surface area contributed by atoms with Crippen molar-refractivity contribution in [2.75, 3.05) is 0 Å². The Kier molecular flexibility index (Phi) is 5.26. The van der Waals surface area contributed by atoms with Gasteiger partial charge in [0.25, 0.3) is 0 Å². The number of halogens is 1. The molecule has 1 heterocycles. The first-order chi connectivity index (χ1) is 12.0. The maximum Gasteiger partial charge on any atom is 0.335 e. The highest BCUT2D eigenvalue weighted by Gasteiger charge is 2.33. The summed E-state index contributed by atoms with van der Waals surface area (Å²) < 4.78 is 6.42. The Morgan fingerprint density at radius 1 is 1.08 bits per heavy atom. The molecule has 130 valence electrons. The van der Waals surface area contributed by atoms with Crippen molar-refractivity contribution < 1.29 is 14.6 Å². The molecule has 0 spiro atoms. The summed E-state index contributed by atoms with van der Waals surface area (Å²) in [6.07, 6.45) is 1.77. The van der Waals surface area contributed by atoms with Crippen molar-refractivity contribution in [2.45, 2.75) is 32.0 Å². The van der Waals surface area contributed by atoms with Crippen LogP contribution in [0.4, 0.5) is 0 Å². The molecule has 3 nitrogen and oxygen atoms in total. The number of carboxylic acid groups (broad SMARTS) is 1. The summed E-state index contributed by atoms with van der Waals surface area (Å²) >= 11 is 5.98. The lowest BCUT2D eigenvalue weighted by atomic mass is 9.82. The second kappa shape index (κ2) is 7.42. The molecule has 1 aliphatic rings. The SMILES string of the molecule is C=C(C)[C@@H]1CC[C@@H](c2ccc(Cl)cc2)O[C@H]1c1ccc(C(=O)O)cc1. The standard InChI is InChI=1S/C21H21ClO3/c1-13(2)18-11-12-19(14-7-9-17(22)10-8-14)25-20(18)15-3-5-16(6-4-15)21(23)24/h3-10,18-20H,1,11-12H2,2H3,(H,23,24)/t18-,19-,20-/m0/s1. The van der Waals surface area contributed by atoms with Gasteiger partial charge in [-0.1, -0.05) is 48.0 Å². The van der Waals surface area contributed by atoms with Crippen LogP contribution >= 0.6 is 11.6 Å². The number of ether oxygens (including phenoxy) is 1. The van der Waals surface area contributed by atoms with Crippen molar-refractivity contribution in [3.05, 3.63) is 82.4 Å². The van der Waals surface area contributed by atoms with Crippen molar-refractivity contribution in [1.29, 1.82) is 0 Å². The Morgan fingerprint density at radius 2 is 1.68 bits per heavy atom. The maximum absolute atomic E-state index is 11.1. The van der Waals surface area contributed by atoms with E-state index >= 15 is 0 Å². The minimum atomic E-state index is -0.924. The van der Waals surface area contributed by atoms with Gasteiger partial charge in [-0.3, -0.25) is 0 Å². The monoisotopic (exact) mass is 356 g/mol. The summed E-state index contributed by atoms with van der Waals surface area (Å²) in [4.78, 5) is 11.1. The topological polar surface area (TPSA) is 46.5 Å². The number of benzene rings is 2. The summed E-state index contributed by atoms with van der Waals surface area (Å²) in [5, 5.41) is 9.79. The lowest BCUT2D eigenvalue weighted by Crippen LogP contribution is -2.25. The number of rotatable bonds is 4. The zero-order valence-corrected chi connectivity index (χ0v) is 14.9. The van der Waals surface area contributed by atoms with E-state index < -0.39 is 5.97 Å². The first-order valence-electron chi connectivity index (χ1n) is 8.35. The smallest absolute Gasteiger partial charge is 0.335 e. The number of hydrogen-bond donors (Lipinski definition) is 1. The van der Waals surface area contributed by atoms with E-state index in [1.165, 1.54) is 0 Å². The van der Waals surface area contributed by atoms with Gasteiger partial charge in [-0.25, -0.2) is 4.79 Å². The summed E-state index contributed by atoms with van der Waals surface area (Å²) in [5.41, 5.74) is 3.45. The predicted molar refractivity (Wildman–Crippen MR) is 99.0 cm³/mol. The molecule has 0 saturated carbocycles. The fourth-order valence-electron chi connectivity index (χ4n) is 3.38. The van der Waals surface area contributed by atoms with E-state index in [1.807, 2.05) is 43.3 Å². The molecular weight excluding hydrogens is 336 g/mol. The van der Waals surface area contributed by atoms with E-state index in [4.69, 9.17) is 21.4 Å². The average molecular weight is 357 g/mol. The summed E-state index contributed by atoms with van der Waals surface area (Å²) in [7, 11) is 0. The van der Waals surface area contributed by atoms with Crippen molar-refractivity contribution in [3.8, 4) is 0 Å². The molecule has 0 unspecified atom stereocenters. The third-order valence-electron chi connectivity index (χ3n) is 4.78. The Balaban J connectivity index is 1.87. The normalized spacial score (nSPS) is 23.2. The molecule has 3 rings (SSSR count). The number of hydrogen-bond acceptors (Lipinski definition) is 2. The van der Waals surface area contributed by atoms with Crippen LogP contribution in [0.1, 0.15) is 53.5 Å². The fourth-order valence-corrected chi connectivity index (χ4v) is 3.50. The molecule has 2 aromatic rings. The van der Waals surface area contributed by atoms with E-state index in [0.717, 1.165) is 29.5 Å². The van der Waals surface area contributed by atoms with Gasteiger partial charge in [0.05, 0.1) is 17.8 Å². The van der Waals surface area contributed by atoms with Crippen LogP contribution in [0.15, 0.2) is 60.7 Å². The Labute approximate surface area is 152 Å². The lowest BCUT2D eigenvalue weighted by molar-refractivity contribution is -0.0784. The summed E-state index contributed by atoms with van der Waals surface area (Å²) in [6.45, 7) is 6.14. The molecule has 1 aliphatic heterocycles. The van der Waals surface area contributed by atoms with Gasteiger partial charge in [0.15, 0.2) is 0 Å². The Bertz CT molecular complexity index is 765. The highest BCUT2D eigenvalue weighted by Crippen LogP contribution is 2.44. The Morgan fingerprint density at radius 3 is 2.24 bits per heavy atom. The molecular formula is C21H21ClO3. The van der Waals surface area contributed by atoms with Crippen molar-refractivity contribution in [1.82, 2.24) is 0 Å². The van der Waals surface area contributed by atoms with Crippen molar-refractivity contribution in [2.24, 2.45) is 5.92 Å². The molecule has 4 heteroatoms. The first kappa shape index (κ1) is 17.7. The van der Waals surface area contributed by atoms with Crippen LogP contribution in [0, 0.1) is 5.92 Å². The van der Waals surface area contributed by atoms with Gasteiger partial charge in [-0.15, -0.1) is 0 Å². The van der Waals surface area contributed by atoms with Crippen LogP contribution in [0.5, 0.6) is 0 Å². The number of aromatic carboxylic acids is 1. The number of carboxylic acids is 1. The molecule has 2 aromatic carbocycles. The van der Waals surface area contributed by atoms with Crippen LogP contribution in [0.25, 0.3) is 0 Å². The molecule has 1 N–H and O–H groups in total. The third-order valence-corrected chi connectivity index (χ3v) is 5.03. The van der Waals surface area contributed by atoms with Gasteiger partial charge in [0.2, 0.25) is 0 Å². The lowest BCUT2D eigenvalue weighted by Gasteiger charge is -2.37. The molecule has 3 atom stereocenters. The van der Waals surface area contributed by atoms with Crippen molar-refractivity contribution >= 4 is 17.6 Å². The maximum atomic E-state index is 11.1. The minimum Gasteiger partial charge on any atom is -0.478 e. The highest BCUT2D eigenvalue weighted by atomic mass is 35.5. The van der Waals surface area contributed by atoms with Crippen LogP contribution in [-0.4, -0.2) is 11.1 Å². The van der Waals surface area contributed by atoms with Crippen LogP contribution < -0.4 is 0 Å². The third kappa shape index (κ3) is 3.94. The second-order valence-electron chi connectivity index (χ2n) is 6.55. The largest absolute Gasteiger partial charge is 0.478 e. The molecule has 0 aliphatic carbocycles. The van der Waals surface area contributed by atoms with Crippen LogP contribution in [-0.2, 0) is 4.74 Å². The second-order valence-corrected chi connectivity index (χ2v) is 6.99. The van der Waals surface area contributed by atoms with Gasteiger partial charge in [-0.05, 0) is 55.2 Å². The molecule has 0 bridgehead atoms. The Hall–Kier alpha value is -2.10. The zero-order chi connectivity index (χ0) is 18.0. The van der Waals surface area contributed by atoms with Gasteiger partial charge in [-0.2, -0.15) is 0 Å². The van der Waals surface area contributed by atoms with E-state index in [1.54, 1.807) is 12.1 Å². The van der Waals surface area contributed by atoms with Crippen LogP contribution in [0.3, 0.4) is 0 Å². The van der Waals surface area contributed by atoms with E-state index in [0.29, 0.717) is 5.02 Å². The van der Waals surface area contributed by atoms with Gasteiger partial charge >= 0.3 is 5.97 Å². The molecule has 0 radical (unpaired) electrons. The van der Waals surface area contributed by atoms with E-state index in [9.17, 15) is 4.79 Å². The first-order valence-corrected chi connectivity index (χ1v) is 8.73. The molecule has 0 aromatic heterocycles. The van der Waals surface area contributed by atoms with Gasteiger partial charge in [0.1, 0.15) is 0 Å². The highest BCUT2D eigenvalue weighted by molar-refractivity contribution is 6.30. The summed E-state index contributed by atoms with van der Waals surface area (Å²) in [6, 6.07) is 14.7. The zero-order valence-electron chi connectivity index (χ0n) is 14.1. The van der Waals surface area contributed by atoms with Crippen LogP contribution in [0.2, 0.25) is 5.02 Å². The predicted octanol–water partition coefficient (Wildman–Crippen LogP) is 5.82.